The number of nitrogens with zero attached hydrogens (tertiary/aromatic N) is 2. The molecule has 84 valence electrons. The second kappa shape index (κ2) is 3.86. The first-order valence-corrected chi connectivity index (χ1v) is 5.37. The van der Waals surface area contributed by atoms with E-state index < -0.39 is 5.54 Å². The van der Waals surface area contributed by atoms with Crippen molar-refractivity contribution in [1.29, 1.82) is 5.26 Å². The summed E-state index contributed by atoms with van der Waals surface area (Å²) in [6.45, 7) is 11.2. The molecule has 1 unspecified atom stereocenters. The molecule has 0 saturated carbocycles. The third-order valence-corrected chi connectivity index (χ3v) is 2.75. The molecule has 1 aliphatic rings. The molecule has 1 aliphatic heterocycles. The van der Waals surface area contributed by atoms with Crippen LogP contribution >= 0.6 is 0 Å². The third-order valence-electron chi connectivity index (χ3n) is 2.75. The number of hydrogen-bond donors (Lipinski definition) is 1. The van der Waals surface area contributed by atoms with E-state index in [4.69, 9.17) is 0 Å². The molecule has 3 nitrogen and oxygen atoms in total. The summed E-state index contributed by atoms with van der Waals surface area (Å²) in [6.07, 6.45) is 1.58. The van der Waals surface area contributed by atoms with Crippen molar-refractivity contribution in [3.8, 4) is 6.07 Å². The van der Waals surface area contributed by atoms with Crippen molar-refractivity contribution in [3.05, 3.63) is 12.3 Å². The van der Waals surface area contributed by atoms with Crippen molar-refractivity contribution in [2.45, 2.75) is 44.7 Å². The lowest BCUT2D eigenvalue weighted by atomic mass is 9.85. The van der Waals surface area contributed by atoms with Crippen molar-refractivity contribution in [1.82, 2.24) is 10.2 Å². The van der Waals surface area contributed by atoms with E-state index in [2.05, 4.69) is 43.6 Å². The van der Waals surface area contributed by atoms with Gasteiger partial charge in [-0.1, -0.05) is 6.58 Å². The highest BCUT2D eigenvalue weighted by Crippen LogP contribution is 2.28. The second-order valence-electron chi connectivity index (χ2n) is 5.48. The van der Waals surface area contributed by atoms with Gasteiger partial charge in [-0.3, -0.25) is 5.32 Å². The van der Waals surface area contributed by atoms with Gasteiger partial charge in [0.25, 0.3) is 0 Å². The summed E-state index contributed by atoms with van der Waals surface area (Å²) < 4.78 is 0. The highest BCUT2D eigenvalue weighted by molar-refractivity contribution is 5.19. The van der Waals surface area contributed by atoms with Gasteiger partial charge >= 0.3 is 0 Å². The lowest BCUT2D eigenvalue weighted by Crippen LogP contribution is -2.57. The van der Waals surface area contributed by atoms with Crippen molar-refractivity contribution < 1.29 is 0 Å². The first-order chi connectivity index (χ1) is 6.78. The Labute approximate surface area is 92.8 Å². The zero-order valence-electron chi connectivity index (χ0n) is 10.2. The Hall–Kier alpha value is -1.01. The highest BCUT2D eigenvalue weighted by atomic mass is 15.2. The number of nitrogens with one attached hydrogen (secondary N) is 1. The molecule has 0 aromatic rings. The predicted octanol–water partition coefficient (Wildman–Crippen LogP) is 1.88. The standard InChI is InChI=1S/C12H21N3/c1-10-8-12(9-13,6-7-15(10)5)14-11(2,3)4/h14H,1,6-8H2,2-5H3. The molecule has 0 radical (unpaired) electrons. The highest BCUT2D eigenvalue weighted by Gasteiger charge is 2.38. The Morgan fingerprint density at radius 3 is 2.53 bits per heavy atom. The van der Waals surface area contributed by atoms with Crippen LogP contribution in [0.1, 0.15) is 33.6 Å². The molecular weight excluding hydrogens is 186 g/mol. The van der Waals surface area contributed by atoms with Crippen LogP contribution in [0.15, 0.2) is 12.3 Å². The average Bonchev–Trinajstić information content (AvgIpc) is 2.09. The van der Waals surface area contributed by atoms with Gasteiger partial charge in [0.2, 0.25) is 0 Å². The van der Waals surface area contributed by atoms with Gasteiger partial charge in [-0.15, -0.1) is 0 Å². The zero-order chi connectivity index (χ0) is 11.7. The average molecular weight is 207 g/mol. The summed E-state index contributed by atoms with van der Waals surface area (Å²) in [6, 6.07) is 2.43. The van der Waals surface area contributed by atoms with E-state index in [0.29, 0.717) is 0 Å². The summed E-state index contributed by atoms with van der Waals surface area (Å²) in [5.74, 6) is 0. The summed E-state index contributed by atoms with van der Waals surface area (Å²) in [4.78, 5) is 2.12. The Balaban J connectivity index is 2.80. The topological polar surface area (TPSA) is 39.1 Å². The van der Waals surface area contributed by atoms with Gasteiger partial charge in [0.05, 0.1) is 6.07 Å². The van der Waals surface area contributed by atoms with Gasteiger partial charge in [0.1, 0.15) is 5.54 Å². The monoisotopic (exact) mass is 207 g/mol. The fraction of sp³-hybridized carbons (Fsp3) is 0.750. The van der Waals surface area contributed by atoms with Gasteiger partial charge in [-0.2, -0.15) is 5.26 Å². The summed E-state index contributed by atoms with van der Waals surface area (Å²) >= 11 is 0. The predicted molar refractivity (Wildman–Crippen MR) is 62.2 cm³/mol. The molecule has 0 aromatic heterocycles. The largest absolute Gasteiger partial charge is 0.378 e. The molecule has 1 fully saturated rings. The van der Waals surface area contributed by atoms with E-state index in [0.717, 1.165) is 25.1 Å². The Morgan fingerprint density at radius 1 is 1.53 bits per heavy atom. The summed E-state index contributed by atoms with van der Waals surface area (Å²) in [5, 5.41) is 12.8. The number of hydrogen-bond acceptors (Lipinski definition) is 3. The van der Waals surface area contributed by atoms with E-state index >= 15 is 0 Å². The van der Waals surface area contributed by atoms with Crippen LogP contribution in [0.2, 0.25) is 0 Å². The maximum Gasteiger partial charge on any atom is 0.114 e. The maximum absolute atomic E-state index is 9.34. The van der Waals surface area contributed by atoms with Crippen LogP contribution in [0.3, 0.4) is 0 Å². The van der Waals surface area contributed by atoms with Crippen LogP contribution < -0.4 is 5.32 Å². The molecule has 1 heterocycles. The molecule has 0 aromatic carbocycles. The van der Waals surface area contributed by atoms with Crippen molar-refractivity contribution in [3.63, 3.8) is 0 Å². The number of piperidine rings is 1. The van der Waals surface area contributed by atoms with E-state index in [1.165, 1.54) is 0 Å². The van der Waals surface area contributed by atoms with Crippen LogP contribution in [0, 0.1) is 11.3 Å². The van der Waals surface area contributed by atoms with Gasteiger partial charge in [0, 0.05) is 31.2 Å². The molecule has 1 N–H and O–H groups in total. The second-order valence-corrected chi connectivity index (χ2v) is 5.48. The van der Waals surface area contributed by atoms with Crippen molar-refractivity contribution in [2.24, 2.45) is 0 Å². The van der Waals surface area contributed by atoms with E-state index in [9.17, 15) is 5.26 Å². The molecule has 0 bridgehead atoms. The molecule has 15 heavy (non-hydrogen) atoms. The fourth-order valence-electron chi connectivity index (χ4n) is 2.04. The molecular formula is C12H21N3. The van der Waals surface area contributed by atoms with Gasteiger partial charge in [-0.05, 0) is 27.2 Å². The minimum absolute atomic E-state index is 0.0358. The summed E-state index contributed by atoms with van der Waals surface area (Å²) in [5.41, 5.74) is 0.577. The van der Waals surface area contributed by atoms with Crippen LogP contribution in [0.25, 0.3) is 0 Å². The first-order valence-electron chi connectivity index (χ1n) is 5.37. The zero-order valence-corrected chi connectivity index (χ0v) is 10.2. The molecule has 1 rings (SSSR count). The van der Waals surface area contributed by atoms with Crippen LogP contribution in [-0.4, -0.2) is 29.6 Å². The van der Waals surface area contributed by atoms with Crippen molar-refractivity contribution in [2.75, 3.05) is 13.6 Å². The molecule has 1 saturated heterocycles. The van der Waals surface area contributed by atoms with Crippen LogP contribution in [0.5, 0.6) is 0 Å². The van der Waals surface area contributed by atoms with E-state index in [1.54, 1.807) is 0 Å². The molecule has 3 heteroatoms. The molecule has 0 amide bonds. The number of rotatable bonds is 1. The Bertz CT molecular complexity index is 295. The Kier molecular flexibility index (Phi) is 3.11. The van der Waals surface area contributed by atoms with Crippen LogP contribution in [0.4, 0.5) is 0 Å². The lowest BCUT2D eigenvalue weighted by molar-refractivity contribution is 0.207. The minimum Gasteiger partial charge on any atom is -0.378 e. The normalized spacial score (nSPS) is 27.7. The van der Waals surface area contributed by atoms with Gasteiger partial charge in [-0.25, -0.2) is 0 Å². The lowest BCUT2D eigenvalue weighted by Gasteiger charge is -2.42. The smallest absolute Gasteiger partial charge is 0.114 e. The summed E-state index contributed by atoms with van der Waals surface area (Å²) in [7, 11) is 2.03. The number of likely N-dealkylation sites (tertiary alicyclic amines) is 1. The van der Waals surface area contributed by atoms with Crippen molar-refractivity contribution >= 4 is 0 Å². The van der Waals surface area contributed by atoms with E-state index in [1.807, 2.05) is 7.05 Å². The van der Waals surface area contributed by atoms with Crippen LogP contribution in [-0.2, 0) is 0 Å². The molecule has 0 aliphatic carbocycles. The minimum atomic E-state index is -0.429. The number of nitriles is 1. The van der Waals surface area contributed by atoms with E-state index in [-0.39, 0.29) is 5.54 Å². The Morgan fingerprint density at radius 2 is 2.13 bits per heavy atom. The SMILES string of the molecule is C=C1CC(C#N)(NC(C)(C)C)CCN1C. The fourth-order valence-corrected chi connectivity index (χ4v) is 2.04. The van der Waals surface area contributed by atoms with Gasteiger partial charge < -0.3 is 4.90 Å². The quantitative estimate of drug-likeness (QED) is 0.713. The molecule has 0 spiro atoms. The van der Waals surface area contributed by atoms with Gasteiger partial charge in [0.15, 0.2) is 0 Å². The third kappa shape index (κ3) is 2.97. The maximum atomic E-state index is 9.34. The first kappa shape index (κ1) is 12.1. The molecule has 1 atom stereocenters.